The summed E-state index contributed by atoms with van der Waals surface area (Å²) in [6.45, 7) is 0. The van der Waals surface area contributed by atoms with E-state index < -0.39 is 22.8 Å². The number of nitrogens with zero attached hydrogens (tertiary/aromatic N) is 2. The fourth-order valence-corrected chi connectivity index (χ4v) is 1.27. The summed E-state index contributed by atoms with van der Waals surface area (Å²) in [5.74, 6) is 0. The third-order valence-electron chi connectivity index (χ3n) is 2.03. The Kier molecular flexibility index (Phi) is 3.40. The van der Waals surface area contributed by atoms with Crippen molar-refractivity contribution in [1.29, 1.82) is 5.26 Å². The smallest absolute Gasteiger partial charge is 0.298 e. The molecule has 0 amide bonds. The average Bonchev–Trinajstić information content (AvgIpc) is 2.26. The highest BCUT2D eigenvalue weighted by Gasteiger charge is 2.27. The third-order valence-corrected chi connectivity index (χ3v) is 2.03. The van der Waals surface area contributed by atoms with Gasteiger partial charge in [-0.2, -0.15) is 5.26 Å². The van der Waals surface area contributed by atoms with E-state index in [1.54, 1.807) is 0 Å². The summed E-state index contributed by atoms with van der Waals surface area (Å²) in [6, 6.07) is 5.32. The van der Waals surface area contributed by atoms with E-state index in [4.69, 9.17) is 16.1 Å². The summed E-state index contributed by atoms with van der Waals surface area (Å²) in [7, 11) is 0. The Bertz CT molecular complexity index is 455. The van der Waals surface area contributed by atoms with Crippen LogP contribution in [0.4, 0.5) is 11.4 Å². The van der Waals surface area contributed by atoms with Gasteiger partial charge in [0.25, 0.3) is 5.69 Å². The zero-order valence-electron chi connectivity index (χ0n) is 8.07. The Balaban J connectivity index is 3.29. The molecule has 0 aliphatic carbocycles. The molecule has 1 aromatic rings. The first kappa shape index (κ1) is 11.9. The van der Waals surface area contributed by atoms with Crippen LogP contribution in [-0.4, -0.2) is 21.2 Å². The summed E-state index contributed by atoms with van der Waals surface area (Å²) < 4.78 is 0. The van der Waals surface area contributed by atoms with E-state index in [2.05, 4.69) is 0 Å². The predicted molar refractivity (Wildman–Crippen MR) is 54.1 cm³/mol. The van der Waals surface area contributed by atoms with Gasteiger partial charge in [0.15, 0.2) is 6.10 Å². The molecular formula is C9H9N3O4. The lowest BCUT2D eigenvalue weighted by atomic mass is 10.0. The molecule has 7 heteroatoms. The Hall–Kier alpha value is -2.17. The standard InChI is InChI=1S/C9H9N3O4/c10-4-7(13)9(14)5-2-1-3-6(11)8(5)12(15)16/h1-3,7,9,13-14H,11H2. The van der Waals surface area contributed by atoms with Gasteiger partial charge in [-0.25, -0.2) is 0 Å². The molecule has 84 valence electrons. The van der Waals surface area contributed by atoms with Crippen LogP contribution < -0.4 is 5.73 Å². The van der Waals surface area contributed by atoms with Crippen molar-refractivity contribution >= 4 is 11.4 Å². The van der Waals surface area contributed by atoms with Gasteiger partial charge >= 0.3 is 0 Å². The van der Waals surface area contributed by atoms with Gasteiger partial charge in [0.2, 0.25) is 0 Å². The maximum absolute atomic E-state index is 10.7. The molecule has 0 aliphatic rings. The number of nitro benzene ring substituents is 1. The molecular weight excluding hydrogens is 214 g/mol. The summed E-state index contributed by atoms with van der Waals surface area (Å²) in [4.78, 5) is 9.94. The van der Waals surface area contributed by atoms with Crippen molar-refractivity contribution in [1.82, 2.24) is 0 Å². The van der Waals surface area contributed by atoms with E-state index in [-0.39, 0.29) is 11.3 Å². The molecule has 0 saturated heterocycles. The molecule has 0 bridgehead atoms. The number of anilines is 1. The van der Waals surface area contributed by atoms with Crippen LogP contribution in [-0.2, 0) is 0 Å². The zero-order valence-corrected chi connectivity index (χ0v) is 8.07. The van der Waals surface area contributed by atoms with E-state index in [0.717, 1.165) is 0 Å². The highest BCUT2D eigenvalue weighted by molar-refractivity contribution is 5.63. The topological polar surface area (TPSA) is 133 Å². The largest absolute Gasteiger partial charge is 0.393 e. The van der Waals surface area contributed by atoms with Crippen molar-refractivity contribution in [3.8, 4) is 6.07 Å². The second-order valence-electron chi connectivity index (χ2n) is 3.06. The van der Waals surface area contributed by atoms with Crippen LogP contribution in [0.5, 0.6) is 0 Å². The van der Waals surface area contributed by atoms with Gasteiger partial charge < -0.3 is 15.9 Å². The maximum atomic E-state index is 10.7. The molecule has 0 aliphatic heterocycles. The van der Waals surface area contributed by atoms with Gasteiger partial charge in [-0.15, -0.1) is 0 Å². The minimum atomic E-state index is -1.74. The number of aliphatic hydroxyl groups excluding tert-OH is 2. The van der Waals surface area contributed by atoms with Gasteiger partial charge in [-0.05, 0) is 12.1 Å². The van der Waals surface area contributed by atoms with Gasteiger partial charge in [0.1, 0.15) is 11.8 Å². The van der Waals surface area contributed by atoms with E-state index in [1.165, 1.54) is 24.3 Å². The Morgan fingerprint density at radius 3 is 2.62 bits per heavy atom. The number of hydrogen-bond donors (Lipinski definition) is 3. The minimum absolute atomic E-state index is 0.133. The molecule has 0 heterocycles. The monoisotopic (exact) mass is 223 g/mol. The molecule has 0 radical (unpaired) electrons. The molecule has 4 N–H and O–H groups in total. The van der Waals surface area contributed by atoms with Crippen molar-refractivity contribution in [3.05, 3.63) is 33.9 Å². The third kappa shape index (κ3) is 2.08. The maximum Gasteiger partial charge on any atom is 0.298 e. The van der Waals surface area contributed by atoms with E-state index in [0.29, 0.717) is 0 Å². The Labute approximate surface area is 90.5 Å². The Morgan fingerprint density at radius 2 is 2.12 bits per heavy atom. The summed E-state index contributed by atoms with van der Waals surface area (Å²) in [6.07, 6.45) is -3.39. The van der Waals surface area contributed by atoms with E-state index in [9.17, 15) is 15.2 Å². The Morgan fingerprint density at radius 1 is 1.50 bits per heavy atom. The molecule has 0 aromatic heterocycles. The van der Waals surface area contributed by atoms with Crippen molar-refractivity contribution in [2.75, 3.05) is 5.73 Å². The molecule has 16 heavy (non-hydrogen) atoms. The molecule has 7 nitrogen and oxygen atoms in total. The average molecular weight is 223 g/mol. The number of nitrogens with two attached hydrogens (primary N) is 1. The van der Waals surface area contributed by atoms with Crippen LogP contribution in [0, 0.1) is 21.4 Å². The summed E-state index contributed by atoms with van der Waals surface area (Å²) in [5.41, 5.74) is 4.57. The first-order valence-electron chi connectivity index (χ1n) is 4.27. The molecule has 0 fully saturated rings. The summed E-state index contributed by atoms with van der Waals surface area (Å²) >= 11 is 0. The molecule has 0 spiro atoms. The number of benzene rings is 1. The summed E-state index contributed by atoms with van der Waals surface area (Å²) in [5, 5.41) is 37.7. The first-order chi connectivity index (χ1) is 7.49. The van der Waals surface area contributed by atoms with Crippen LogP contribution in [0.25, 0.3) is 0 Å². The number of rotatable bonds is 3. The van der Waals surface area contributed by atoms with Crippen molar-refractivity contribution in [3.63, 3.8) is 0 Å². The van der Waals surface area contributed by atoms with Crippen molar-refractivity contribution < 1.29 is 15.1 Å². The lowest BCUT2D eigenvalue weighted by molar-refractivity contribution is -0.385. The number of nitro groups is 1. The molecule has 1 aromatic carbocycles. The fourth-order valence-electron chi connectivity index (χ4n) is 1.27. The molecule has 2 unspecified atom stereocenters. The molecule has 0 saturated carbocycles. The number of nitrogen functional groups attached to an aromatic ring is 1. The SMILES string of the molecule is N#CC(O)C(O)c1cccc(N)c1[N+](=O)[O-]. The predicted octanol–water partition coefficient (Wildman–Crippen LogP) is 0.0949. The second kappa shape index (κ2) is 4.57. The molecule has 2 atom stereocenters. The highest BCUT2D eigenvalue weighted by atomic mass is 16.6. The minimum Gasteiger partial charge on any atom is -0.393 e. The van der Waals surface area contributed by atoms with E-state index >= 15 is 0 Å². The van der Waals surface area contributed by atoms with Crippen LogP contribution in [0.15, 0.2) is 18.2 Å². The number of hydrogen-bond acceptors (Lipinski definition) is 6. The lowest BCUT2D eigenvalue weighted by Gasteiger charge is -2.12. The van der Waals surface area contributed by atoms with Crippen LogP contribution in [0.2, 0.25) is 0 Å². The van der Waals surface area contributed by atoms with Gasteiger partial charge in [-0.3, -0.25) is 10.1 Å². The number of nitriles is 1. The highest BCUT2D eigenvalue weighted by Crippen LogP contribution is 2.31. The van der Waals surface area contributed by atoms with E-state index in [1.807, 2.05) is 0 Å². The zero-order chi connectivity index (χ0) is 12.3. The normalized spacial score (nSPS) is 13.8. The van der Waals surface area contributed by atoms with Crippen LogP contribution in [0.3, 0.4) is 0 Å². The first-order valence-corrected chi connectivity index (χ1v) is 4.27. The number of para-hydroxylation sites is 1. The van der Waals surface area contributed by atoms with Gasteiger partial charge in [-0.1, -0.05) is 6.07 Å². The van der Waals surface area contributed by atoms with Crippen molar-refractivity contribution in [2.45, 2.75) is 12.2 Å². The molecule has 1 rings (SSSR count). The van der Waals surface area contributed by atoms with Crippen LogP contribution >= 0.6 is 0 Å². The lowest BCUT2D eigenvalue weighted by Crippen LogP contribution is -2.17. The second-order valence-corrected chi connectivity index (χ2v) is 3.06. The quantitative estimate of drug-likeness (QED) is 0.288. The van der Waals surface area contributed by atoms with Crippen LogP contribution in [0.1, 0.15) is 11.7 Å². The van der Waals surface area contributed by atoms with Gasteiger partial charge in [0, 0.05) is 0 Å². The number of aliphatic hydroxyl groups is 2. The van der Waals surface area contributed by atoms with Gasteiger partial charge in [0.05, 0.1) is 16.6 Å². The fraction of sp³-hybridized carbons (Fsp3) is 0.222. The van der Waals surface area contributed by atoms with Crippen molar-refractivity contribution in [2.24, 2.45) is 0 Å².